The molecule has 0 bridgehead atoms. The number of amides is 2. The van der Waals surface area contributed by atoms with E-state index in [1.165, 1.54) is 4.90 Å². The topological polar surface area (TPSA) is 49.4 Å². The minimum atomic E-state index is -0.750. The van der Waals surface area contributed by atoms with Crippen LogP contribution in [0.25, 0.3) is 0 Å². The van der Waals surface area contributed by atoms with Crippen molar-refractivity contribution in [3.8, 4) is 0 Å². The van der Waals surface area contributed by atoms with Crippen LogP contribution >= 0.6 is 46.4 Å². The molecular weight excluding hydrogens is 466 g/mol. The number of halogens is 4. The highest BCUT2D eigenvalue weighted by atomic mass is 35.5. The quantitative estimate of drug-likeness (QED) is 0.481. The molecule has 2 aromatic rings. The normalized spacial score (nSPS) is 12.9. The largest absolute Gasteiger partial charge is 0.352 e. The number of rotatable bonds is 8. The summed E-state index contributed by atoms with van der Waals surface area (Å²) in [7, 11) is 0. The molecule has 30 heavy (non-hydrogen) atoms. The van der Waals surface area contributed by atoms with E-state index in [2.05, 4.69) is 5.32 Å². The zero-order valence-corrected chi connectivity index (χ0v) is 20.0. The van der Waals surface area contributed by atoms with E-state index in [0.717, 1.165) is 6.42 Å². The van der Waals surface area contributed by atoms with Crippen molar-refractivity contribution in [2.24, 2.45) is 0 Å². The lowest BCUT2D eigenvalue weighted by molar-refractivity contribution is -0.140. The first-order chi connectivity index (χ1) is 14.1. The van der Waals surface area contributed by atoms with Crippen molar-refractivity contribution in [3.05, 3.63) is 67.6 Å². The second-order valence-corrected chi connectivity index (χ2v) is 8.72. The second-order valence-electron chi connectivity index (χ2n) is 7.09. The number of benzene rings is 2. The SMILES string of the molecule is CC[C@H](C)NC(=O)[C@@H](C)N(Cc1c(Cl)cccc1Cl)C(=O)Cc1c(Cl)cccc1Cl. The van der Waals surface area contributed by atoms with Gasteiger partial charge in [0.15, 0.2) is 0 Å². The zero-order valence-electron chi connectivity index (χ0n) is 17.0. The molecule has 0 aromatic heterocycles. The van der Waals surface area contributed by atoms with Gasteiger partial charge in [-0.3, -0.25) is 9.59 Å². The van der Waals surface area contributed by atoms with Crippen LogP contribution < -0.4 is 5.32 Å². The Kier molecular flexibility index (Phi) is 9.30. The van der Waals surface area contributed by atoms with Crippen LogP contribution in [0.1, 0.15) is 38.3 Å². The second kappa shape index (κ2) is 11.2. The molecule has 0 fully saturated rings. The van der Waals surface area contributed by atoms with Gasteiger partial charge in [-0.05, 0) is 50.1 Å². The fourth-order valence-corrected chi connectivity index (χ4v) is 3.90. The third-order valence-electron chi connectivity index (χ3n) is 4.95. The molecular formula is C22H24Cl4N2O2. The first-order valence-electron chi connectivity index (χ1n) is 9.61. The highest BCUT2D eigenvalue weighted by Crippen LogP contribution is 2.29. The summed E-state index contributed by atoms with van der Waals surface area (Å²) in [5.74, 6) is -0.570. The van der Waals surface area contributed by atoms with E-state index in [-0.39, 0.29) is 30.8 Å². The van der Waals surface area contributed by atoms with Crippen LogP contribution in [0.2, 0.25) is 20.1 Å². The Morgan fingerprint density at radius 3 is 1.83 bits per heavy atom. The summed E-state index contributed by atoms with van der Waals surface area (Å²) in [5, 5.41) is 4.54. The molecule has 1 N–H and O–H groups in total. The molecule has 2 aromatic carbocycles. The van der Waals surface area contributed by atoms with Crippen LogP contribution in [0.5, 0.6) is 0 Å². The molecule has 0 saturated carbocycles. The number of nitrogens with one attached hydrogen (secondary N) is 1. The van der Waals surface area contributed by atoms with Crippen LogP contribution in [0, 0.1) is 0 Å². The van der Waals surface area contributed by atoms with Crippen LogP contribution in [-0.4, -0.2) is 28.8 Å². The van der Waals surface area contributed by atoms with Gasteiger partial charge in [-0.2, -0.15) is 0 Å². The molecule has 2 atom stereocenters. The molecule has 4 nitrogen and oxygen atoms in total. The zero-order chi connectivity index (χ0) is 22.4. The molecule has 0 unspecified atom stereocenters. The third kappa shape index (κ3) is 6.27. The Bertz CT molecular complexity index is 880. The Labute approximate surface area is 197 Å². The molecule has 0 aliphatic heterocycles. The van der Waals surface area contributed by atoms with Crippen LogP contribution in [0.3, 0.4) is 0 Å². The van der Waals surface area contributed by atoms with Crippen LogP contribution in [0.4, 0.5) is 0 Å². The van der Waals surface area contributed by atoms with Gasteiger partial charge in [-0.15, -0.1) is 0 Å². The molecule has 8 heteroatoms. The highest BCUT2D eigenvalue weighted by Gasteiger charge is 2.28. The molecule has 0 aliphatic rings. The summed E-state index contributed by atoms with van der Waals surface area (Å²) in [6.45, 7) is 5.63. The molecule has 0 radical (unpaired) electrons. The monoisotopic (exact) mass is 488 g/mol. The lowest BCUT2D eigenvalue weighted by Gasteiger charge is -2.30. The van der Waals surface area contributed by atoms with Gasteiger partial charge in [0.05, 0.1) is 6.42 Å². The van der Waals surface area contributed by atoms with Gasteiger partial charge in [0.2, 0.25) is 11.8 Å². The number of carbonyl (C=O) groups is 2. The molecule has 0 saturated heterocycles. The maximum atomic E-state index is 13.3. The predicted molar refractivity (Wildman–Crippen MR) is 125 cm³/mol. The molecule has 162 valence electrons. The molecule has 0 aliphatic carbocycles. The lowest BCUT2D eigenvalue weighted by Crippen LogP contribution is -2.50. The molecule has 2 rings (SSSR count). The van der Waals surface area contributed by atoms with Gasteiger partial charge in [-0.1, -0.05) is 65.5 Å². The average Bonchev–Trinajstić information content (AvgIpc) is 2.69. The van der Waals surface area contributed by atoms with Crippen LogP contribution in [-0.2, 0) is 22.6 Å². The average molecular weight is 490 g/mol. The smallest absolute Gasteiger partial charge is 0.242 e. The summed E-state index contributed by atoms with van der Waals surface area (Å²) < 4.78 is 0. The third-order valence-corrected chi connectivity index (χ3v) is 6.36. The van der Waals surface area contributed by atoms with E-state index in [4.69, 9.17) is 46.4 Å². The summed E-state index contributed by atoms with van der Waals surface area (Å²) in [6, 6.07) is 9.40. The number of carbonyl (C=O) groups excluding carboxylic acids is 2. The fraction of sp³-hybridized carbons (Fsp3) is 0.364. The van der Waals surface area contributed by atoms with E-state index in [0.29, 0.717) is 31.2 Å². The van der Waals surface area contributed by atoms with E-state index < -0.39 is 6.04 Å². The van der Waals surface area contributed by atoms with E-state index in [1.807, 2.05) is 13.8 Å². The minimum Gasteiger partial charge on any atom is -0.352 e. The van der Waals surface area contributed by atoms with Gasteiger partial charge in [0.25, 0.3) is 0 Å². The Morgan fingerprint density at radius 2 is 1.37 bits per heavy atom. The van der Waals surface area contributed by atoms with Gasteiger partial charge in [-0.25, -0.2) is 0 Å². The molecule has 2 amide bonds. The number of hydrogen-bond donors (Lipinski definition) is 1. The molecule has 0 heterocycles. The van der Waals surface area contributed by atoms with Crippen LogP contribution in [0.15, 0.2) is 36.4 Å². The fourth-order valence-electron chi connectivity index (χ4n) is 2.86. The van der Waals surface area contributed by atoms with Crippen molar-refractivity contribution in [1.29, 1.82) is 0 Å². The van der Waals surface area contributed by atoms with E-state index in [1.54, 1.807) is 43.3 Å². The number of nitrogens with zero attached hydrogens (tertiary/aromatic N) is 1. The summed E-state index contributed by atoms with van der Waals surface area (Å²) in [5.41, 5.74) is 1.08. The van der Waals surface area contributed by atoms with Crippen molar-refractivity contribution in [2.45, 2.75) is 52.2 Å². The first-order valence-corrected chi connectivity index (χ1v) is 11.1. The summed E-state index contributed by atoms with van der Waals surface area (Å²) >= 11 is 25.1. The predicted octanol–water partition coefficient (Wildman–Crippen LogP) is 6.17. The Balaban J connectivity index is 2.37. The summed E-state index contributed by atoms with van der Waals surface area (Å²) in [4.78, 5) is 27.5. The van der Waals surface area contributed by atoms with Gasteiger partial charge < -0.3 is 10.2 Å². The van der Waals surface area contributed by atoms with Gasteiger partial charge in [0.1, 0.15) is 6.04 Å². The Hall–Kier alpha value is -1.46. The van der Waals surface area contributed by atoms with Crippen molar-refractivity contribution >= 4 is 58.2 Å². The maximum Gasteiger partial charge on any atom is 0.242 e. The van der Waals surface area contributed by atoms with Crippen molar-refractivity contribution in [2.75, 3.05) is 0 Å². The van der Waals surface area contributed by atoms with Crippen molar-refractivity contribution < 1.29 is 9.59 Å². The van der Waals surface area contributed by atoms with Gasteiger partial charge in [0, 0.05) is 38.2 Å². The lowest BCUT2D eigenvalue weighted by atomic mass is 10.1. The van der Waals surface area contributed by atoms with E-state index in [9.17, 15) is 9.59 Å². The summed E-state index contributed by atoms with van der Waals surface area (Å²) in [6.07, 6.45) is 0.722. The van der Waals surface area contributed by atoms with E-state index >= 15 is 0 Å². The first kappa shape index (κ1) is 24.8. The highest BCUT2D eigenvalue weighted by molar-refractivity contribution is 6.36. The van der Waals surface area contributed by atoms with Crippen molar-refractivity contribution in [1.82, 2.24) is 10.2 Å². The number of hydrogen-bond acceptors (Lipinski definition) is 2. The maximum absolute atomic E-state index is 13.3. The van der Waals surface area contributed by atoms with Gasteiger partial charge >= 0.3 is 0 Å². The van der Waals surface area contributed by atoms with Crippen molar-refractivity contribution in [3.63, 3.8) is 0 Å². The Morgan fingerprint density at radius 1 is 0.900 bits per heavy atom. The standard InChI is InChI=1S/C22H24Cl4N2O2/c1-4-13(2)27-22(30)14(3)28(12-16-19(25)9-6-10-20(16)26)21(29)11-15-17(23)7-5-8-18(15)24/h5-10,13-14H,4,11-12H2,1-3H3,(H,27,30)/t13-,14+/m0/s1. The minimum absolute atomic E-state index is 0.0150. The molecule has 0 spiro atoms.